The molecule has 0 amide bonds. The van der Waals surface area contributed by atoms with Gasteiger partial charge in [0.25, 0.3) is 10.0 Å². The van der Waals surface area contributed by atoms with E-state index in [1.807, 2.05) is 0 Å². The molecule has 1 aliphatic rings. The highest BCUT2D eigenvalue weighted by molar-refractivity contribution is 7.89. The summed E-state index contributed by atoms with van der Waals surface area (Å²) in [5.41, 5.74) is 5.30. The van der Waals surface area contributed by atoms with E-state index < -0.39 is 21.8 Å². The number of nitrogens with zero attached hydrogens (tertiary/aromatic N) is 1. The van der Waals surface area contributed by atoms with E-state index in [-0.39, 0.29) is 13.1 Å². The van der Waals surface area contributed by atoms with Crippen LogP contribution in [0.15, 0.2) is 0 Å². The van der Waals surface area contributed by atoms with E-state index in [4.69, 9.17) is 5.73 Å². The van der Waals surface area contributed by atoms with Crippen LogP contribution in [0.25, 0.3) is 0 Å². The van der Waals surface area contributed by atoms with Gasteiger partial charge in [-0.15, -0.1) is 0 Å². The van der Waals surface area contributed by atoms with Gasteiger partial charge in [-0.2, -0.15) is 13.1 Å². The fourth-order valence-corrected chi connectivity index (χ4v) is 2.51. The second-order valence-corrected chi connectivity index (χ2v) is 4.87. The lowest BCUT2D eigenvalue weighted by molar-refractivity contribution is 0.199. The van der Waals surface area contributed by atoms with Crippen molar-refractivity contribution in [1.82, 2.24) is 9.62 Å². The molecule has 1 aliphatic heterocycles. The summed E-state index contributed by atoms with van der Waals surface area (Å²) in [5.74, 6) is -3.37. The third-order valence-corrected chi connectivity index (χ3v) is 3.71. The molecule has 0 aromatic carbocycles. The molecule has 0 aromatic rings. The molecule has 0 saturated carbocycles. The average molecular weight is 229 g/mol. The molecule has 0 spiro atoms. The van der Waals surface area contributed by atoms with Gasteiger partial charge < -0.3 is 11.1 Å². The maximum absolute atomic E-state index is 12.2. The molecule has 0 aromatic heterocycles. The largest absolute Gasteiger partial charge is 0.350 e. The van der Waals surface area contributed by atoms with Crippen LogP contribution < -0.4 is 11.1 Å². The van der Waals surface area contributed by atoms with E-state index in [9.17, 15) is 17.2 Å². The fourth-order valence-electron chi connectivity index (χ4n) is 1.38. The predicted octanol–water partition coefficient (Wildman–Crippen LogP) is -1.23. The molecule has 1 heterocycles. The third kappa shape index (κ3) is 2.19. The Morgan fingerprint density at radius 3 is 2.71 bits per heavy atom. The molecule has 0 bridgehead atoms. The number of piperazine rings is 1. The lowest BCUT2D eigenvalue weighted by Crippen LogP contribution is -2.57. The Morgan fingerprint density at radius 1 is 1.57 bits per heavy atom. The van der Waals surface area contributed by atoms with Gasteiger partial charge in [-0.1, -0.05) is 0 Å². The molecule has 1 saturated heterocycles. The van der Waals surface area contributed by atoms with Gasteiger partial charge >= 0.3 is 5.76 Å². The Kier molecular flexibility index (Phi) is 3.76. The summed E-state index contributed by atoms with van der Waals surface area (Å²) in [6.45, 7) is 0.790. The molecule has 1 atom stereocenters. The van der Waals surface area contributed by atoms with Crippen LogP contribution in [0.1, 0.15) is 0 Å². The number of hydrogen-bond donors (Lipinski definition) is 2. The summed E-state index contributed by atoms with van der Waals surface area (Å²) in [4.78, 5) is 0. The van der Waals surface area contributed by atoms with Crippen LogP contribution in [0.5, 0.6) is 0 Å². The van der Waals surface area contributed by atoms with Crippen molar-refractivity contribution in [1.29, 1.82) is 0 Å². The minimum Gasteiger partial charge on any atom is -0.329 e. The molecule has 0 radical (unpaired) electrons. The molecule has 5 nitrogen and oxygen atoms in total. The van der Waals surface area contributed by atoms with E-state index >= 15 is 0 Å². The first-order chi connectivity index (χ1) is 6.50. The monoisotopic (exact) mass is 229 g/mol. The SMILES string of the molecule is NCC1CNCCN1S(=O)(=O)C(F)F. The van der Waals surface area contributed by atoms with Crippen LogP contribution in [0.4, 0.5) is 8.78 Å². The number of hydrogen-bond acceptors (Lipinski definition) is 4. The van der Waals surface area contributed by atoms with E-state index in [2.05, 4.69) is 5.32 Å². The fraction of sp³-hybridized carbons (Fsp3) is 1.00. The maximum Gasteiger partial charge on any atom is 0.350 e. The first-order valence-corrected chi connectivity index (χ1v) is 5.70. The van der Waals surface area contributed by atoms with Gasteiger partial charge in [0.15, 0.2) is 0 Å². The molecular formula is C6H13F2N3O2S. The van der Waals surface area contributed by atoms with Gasteiger partial charge in [-0.3, -0.25) is 0 Å². The molecule has 14 heavy (non-hydrogen) atoms. The van der Waals surface area contributed by atoms with E-state index in [1.165, 1.54) is 0 Å². The maximum atomic E-state index is 12.2. The van der Waals surface area contributed by atoms with Gasteiger partial charge in [0.2, 0.25) is 0 Å². The number of nitrogens with two attached hydrogens (primary N) is 1. The summed E-state index contributed by atoms with van der Waals surface area (Å²) in [7, 11) is -4.48. The third-order valence-electron chi connectivity index (χ3n) is 2.12. The lowest BCUT2D eigenvalue weighted by atomic mass is 10.2. The molecule has 8 heteroatoms. The molecular weight excluding hydrogens is 216 g/mol. The van der Waals surface area contributed by atoms with Gasteiger partial charge in [-0.05, 0) is 0 Å². The molecule has 1 rings (SSSR count). The van der Waals surface area contributed by atoms with Crippen LogP contribution in [0.2, 0.25) is 0 Å². The van der Waals surface area contributed by atoms with Crippen LogP contribution in [-0.4, -0.2) is 50.7 Å². The topological polar surface area (TPSA) is 75.4 Å². The average Bonchev–Trinajstić information content (AvgIpc) is 2.17. The zero-order valence-corrected chi connectivity index (χ0v) is 8.30. The minimum atomic E-state index is -4.48. The van der Waals surface area contributed by atoms with Crippen LogP contribution in [0, 0.1) is 0 Å². The summed E-state index contributed by atoms with van der Waals surface area (Å²) < 4.78 is 47.5. The highest BCUT2D eigenvalue weighted by atomic mass is 32.2. The first kappa shape index (κ1) is 11.8. The first-order valence-electron chi connectivity index (χ1n) is 4.19. The standard InChI is InChI=1S/C6H13F2N3O2S/c7-6(8)14(12,13)11-2-1-10-4-5(11)3-9/h5-6,10H,1-4,9H2. The number of sulfonamides is 1. The molecule has 3 N–H and O–H groups in total. The van der Waals surface area contributed by atoms with Gasteiger partial charge in [0.05, 0.1) is 0 Å². The Bertz CT molecular complexity index is 283. The van der Waals surface area contributed by atoms with Crippen LogP contribution in [-0.2, 0) is 10.0 Å². The van der Waals surface area contributed by atoms with Gasteiger partial charge in [0.1, 0.15) is 0 Å². The van der Waals surface area contributed by atoms with Crippen molar-refractivity contribution in [3.05, 3.63) is 0 Å². The molecule has 1 unspecified atom stereocenters. The van der Waals surface area contributed by atoms with E-state index in [0.29, 0.717) is 13.1 Å². The Labute approximate surface area is 81.3 Å². The Balaban J connectivity index is 2.83. The zero-order valence-electron chi connectivity index (χ0n) is 7.49. The van der Waals surface area contributed by atoms with Crippen molar-refractivity contribution >= 4 is 10.0 Å². The number of nitrogens with one attached hydrogen (secondary N) is 1. The number of alkyl halides is 2. The quantitative estimate of drug-likeness (QED) is 0.635. The summed E-state index contributed by atoms with van der Waals surface area (Å²) in [6.07, 6.45) is 0. The zero-order chi connectivity index (χ0) is 10.8. The van der Waals surface area contributed by atoms with E-state index in [1.54, 1.807) is 0 Å². The van der Waals surface area contributed by atoms with Crippen molar-refractivity contribution in [3.8, 4) is 0 Å². The second-order valence-electron chi connectivity index (χ2n) is 3.01. The summed E-state index contributed by atoms with van der Waals surface area (Å²) in [5, 5.41) is 2.90. The normalized spacial score (nSPS) is 25.6. The number of rotatable bonds is 3. The lowest BCUT2D eigenvalue weighted by Gasteiger charge is -2.33. The van der Waals surface area contributed by atoms with Gasteiger partial charge in [0, 0.05) is 32.2 Å². The smallest absolute Gasteiger partial charge is 0.329 e. The second kappa shape index (κ2) is 4.47. The van der Waals surface area contributed by atoms with Crippen LogP contribution in [0.3, 0.4) is 0 Å². The van der Waals surface area contributed by atoms with Crippen molar-refractivity contribution < 1.29 is 17.2 Å². The van der Waals surface area contributed by atoms with Crippen molar-refractivity contribution in [2.45, 2.75) is 11.8 Å². The van der Waals surface area contributed by atoms with Crippen molar-refractivity contribution in [2.75, 3.05) is 26.2 Å². The highest BCUT2D eigenvalue weighted by Crippen LogP contribution is 2.15. The van der Waals surface area contributed by atoms with Crippen molar-refractivity contribution in [2.24, 2.45) is 5.73 Å². The molecule has 1 fully saturated rings. The Hall–Kier alpha value is -0.310. The number of halogens is 2. The molecule has 0 aliphatic carbocycles. The van der Waals surface area contributed by atoms with Crippen molar-refractivity contribution in [3.63, 3.8) is 0 Å². The highest BCUT2D eigenvalue weighted by Gasteiger charge is 2.37. The van der Waals surface area contributed by atoms with E-state index in [0.717, 1.165) is 4.31 Å². The minimum absolute atomic E-state index is 0.0406. The summed E-state index contributed by atoms with van der Waals surface area (Å²) in [6, 6.07) is -0.567. The van der Waals surface area contributed by atoms with Crippen LogP contribution >= 0.6 is 0 Å². The Morgan fingerprint density at radius 2 is 2.21 bits per heavy atom. The summed E-state index contributed by atoms with van der Waals surface area (Å²) >= 11 is 0. The molecule has 84 valence electrons. The predicted molar refractivity (Wildman–Crippen MR) is 47.3 cm³/mol. The van der Waals surface area contributed by atoms with Gasteiger partial charge in [-0.25, -0.2) is 8.42 Å².